The van der Waals surface area contributed by atoms with Gasteiger partial charge in [0.05, 0.1) is 11.5 Å². The van der Waals surface area contributed by atoms with Gasteiger partial charge in [0.2, 0.25) is 11.8 Å². The molecular weight excluding hydrogens is 375 g/mol. The molecule has 132 valence electrons. The van der Waals surface area contributed by atoms with Gasteiger partial charge < -0.3 is 10.6 Å². The summed E-state index contributed by atoms with van der Waals surface area (Å²) in [5.41, 5.74) is -1.01. The molecule has 0 aliphatic carbocycles. The molecule has 0 spiro atoms. The summed E-state index contributed by atoms with van der Waals surface area (Å²) < 4.78 is 22.9. The number of hydrogen-bond donors (Lipinski definition) is 2. The van der Waals surface area contributed by atoms with Crippen LogP contribution in [0, 0.1) is 5.41 Å². The second-order valence-corrected chi connectivity index (χ2v) is 9.41. The summed E-state index contributed by atoms with van der Waals surface area (Å²) in [6.07, 6.45) is 0.357. The standard InChI is InChI=1S/C15H18Cl2N2O4S/c1-15(2,13(20)18-11-3-4-24(22,23)8-11)14(21)19-12-6-9(16)5-10(17)7-12/h5-7,11H,3-4,8H2,1-2H3,(H,18,20)(H,19,21). The van der Waals surface area contributed by atoms with Crippen molar-refractivity contribution in [3.05, 3.63) is 28.2 Å². The van der Waals surface area contributed by atoms with Crippen LogP contribution in [-0.4, -0.2) is 37.8 Å². The summed E-state index contributed by atoms with van der Waals surface area (Å²) in [6, 6.07) is 4.10. The average molecular weight is 393 g/mol. The predicted molar refractivity (Wildman–Crippen MR) is 94.1 cm³/mol. The van der Waals surface area contributed by atoms with Gasteiger partial charge in [0.25, 0.3) is 0 Å². The molecule has 0 radical (unpaired) electrons. The van der Waals surface area contributed by atoms with E-state index in [0.29, 0.717) is 22.2 Å². The first-order valence-corrected chi connectivity index (χ1v) is 9.86. The quantitative estimate of drug-likeness (QED) is 0.768. The zero-order valence-corrected chi connectivity index (χ0v) is 15.6. The molecule has 0 aromatic heterocycles. The molecule has 1 saturated heterocycles. The third-order valence-corrected chi connectivity index (χ3v) is 6.03. The first-order chi connectivity index (χ1) is 11.0. The summed E-state index contributed by atoms with van der Waals surface area (Å²) in [5, 5.41) is 5.95. The van der Waals surface area contributed by atoms with Crippen molar-refractivity contribution in [2.45, 2.75) is 26.3 Å². The van der Waals surface area contributed by atoms with Crippen LogP contribution in [0.25, 0.3) is 0 Å². The fraction of sp³-hybridized carbons (Fsp3) is 0.467. The topological polar surface area (TPSA) is 92.3 Å². The Labute approximate surface area is 150 Å². The van der Waals surface area contributed by atoms with Crippen molar-refractivity contribution in [1.29, 1.82) is 0 Å². The van der Waals surface area contributed by atoms with Gasteiger partial charge in [-0.05, 0) is 38.5 Å². The van der Waals surface area contributed by atoms with Crippen LogP contribution in [0.1, 0.15) is 20.3 Å². The molecule has 24 heavy (non-hydrogen) atoms. The Kier molecular flexibility index (Phi) is 5.47. The van der Waals surface area contributed by atoms with Crippen LogP contribution in [0.15, 0.2) is 18.2 Å². The van der Waals surface area contributed by atoms with Gasteiger partial charge in [-0.3, -0.25) is 9.59 Å². The van der Waals surface area contributed by atoms with Crippen LogP contribution >= 0.6 is 23.2 Å². The van der Waals surface area contributed by atoms with Crippen LogP contribution in [0.2, 0.25) is 10.0 Å². The molecule has 0 saturated carbocycles. The van der Waals surface area contributed by atoms with Crippen molar-refractivity contribution in [1.82, 2.24) is 5.32 Å². The summed E-state index contributed by atoms with van der Waals surface area (Å²) >= 11 is 11.8. The van der Waals surface area contributed by atoms with Gasteiger partial charge >= 0.3 is 0 Å². The van der Waals surface area contributed by atoms with Crippen LogP contribution < -0.4 is 10.6 Å². The Hall–Kier alpha value is -1.31. The van der Waals surface area contributed by atoms with E-state index in [9.17, 15) is 18.0 Å². The Morgan fingerprint density at radius 2 is 1.71 bits per heavy atom. The third-order valence-electron chi connectivity index (χ3n) is 3.82. The van der Waals surface area contributed by atoms with Crippen molar-refractivity contribution in [2.24, 2.45) is 5.41 Å². The average Bonchev–Trinajstić information content (AvgIpc) is 2.76. The zero-order chi connectivity index (χ0) is 18.1. The molecule has 2 rings (SSSR count). The fourth-order valence-electron chi connectivity index (χ4n) is 2.29. The van der Waals surface area contributed by atoms with Gasteiger partial charge in [-0.1, -0.05) is 23.2 Å². The van der Waals surface area contributed by atoms with Gasteiger partial charge in [0.15, 0.2) is 9.84 Å². The molecular formula is C15H18Cl2N2O4S. The molecule has 1 atom stereocenters. The lowest BCUT2D eigenvalue weighted by Crippen LogP contribution is -2.48. The Morgan fingerprint density at radius 3 is 2.21 bits per heavy atom. The van der Waals surface area contributed by atoms with Crippen molar-refractivity contribution in [2.75, 3.05) is 16.8 Å². The Balaban J connectivity index is 2.05. The maximum absolute atomic E-state index is 12.4. The van der Waals surface area contributed by atoms with E-state index in [1.165, 1.54) is 32.0 Å². The minimum atomic E-state index is -3.11. The van der Waals surface area contributed by atoms with E-state index >= 15 is 0 Å². The van der Waals surface area contributed by atoms with E-state index in [2.05, 4.69) is 10.6 Å². The van der Waals surface area contributed by atoms with Crippen LogP contribution in [-0.2, 0) is 19.4 Å². The van der Waals surface area contributed by atoms with Crippen molar-refractivity contribution >= 4 is 50.5 Å². The number of nitrogens with one attached hydrogen (secondary N) is 2. The van der Waals surface area contributed by atoms with E-state index in [-0.39, 0.29) is 11.5 Å². The first-order valence-electron chi connectivity index (χ1n) is 7.28. The van der Waals surface area contributed by atoms with Crippen molar-refractivity contribution in [3.63, 3.8) is 0 Å². The molecule has 1 heterocycles. The highest BCUT2D eigenvalue weighted by atomic mass is 35.5. The maximum Gasteiger partial charge on any atom is 0.239 e. The summed E-state index contributed by atoms with van der Waals surface area (Å²) in [5.74, 6) is -1.12. The predicted octanol–water partition coefficient (Wildman–Crippen LogP) is 2.26. The second kappa shape index (κ2) is 6.90. The molecule has 2 amide bonds. The van der Waals surface area contributed by atoms with Crippen molar-refractivity contribution in [3.8, 4) is 0 Å². The first kappa shape index (κ1) is 19.0. The molecule has 1 aliphatic heterocycles. The number of carbonyl (C=O) groups is 2. The summed E-state index contributed by atoms with van der Waals surface area (Å²) in [7, 11) is -3.11. The van der Waals surface area contributed by atoms with E-state index in [0.717, 1.165) is 0 Å². The lowest BCUT2D eigenvalue weighted by Gasteiger charge is -2.24. The van der Waals surface area contributed by atoms with E-state index in [4.69, 9.17) is 23.2 Å². The van der Waals surface area contributed by atoms with Gasteiger partial charge in [-0.25, -0.2) is 8.42 Å². The molecule has 1 unspecified atom stereocenters. The molecule has 1 aromatic carbocycles. The lowest BCUT2D eigenvalue weighted by atomic mass is 9.90. The molecule has 6 nitrogen and oxygen atoms in total. The monoisotopic (exact) mass is 392 g/mol. The number of amides is 2. The van der Waals surface area contributed by atoms with Crippen LogP contribution in [0.3, 0.4) is 0 Å². The van der Waals surface area contributed by atoms with Gasteiger partial charge in [0, 0.05) is 21.8 Å². The van der Waals surface area contributed by atoms with Gasteiger partial charge in [-0.2, -0.15) is 0 Å². The van der Waals surface area contributed by atoms with Gasteiger partial charge in [0.1, 0.15) is 5.41 Å². The normalized spacial score (nSPS) is 19.8. The largest absolute Gasteiger partial charge is 0.351 e. The number of benzene rings is 1. The Morgan fingerprint density at radius 1 is 1.12 bits per heavy atom. The zero-order valence-electron chi connectivity index (χ0n) is 13.2. The van der Waals surface area contributed by atoms with Gasteiger partial charge in [-0.15, -0.1) is 0 Å². The molecule has 0 bridgehead atoms. The summed E-state index contributed by atoms with van der Waals surface area (Å²) in [6.45, 7) is 2.93. The minimum absolute atomic E-state index is 0.0472. The number of halogens is 2. The smallest absolute Gasteiger partial charge is 0.239 e. The molecule has 9 heteroatoms. The van der Waals surface area contributed by atoms with E-state index in [1.807, 2.05) is 0 Å². The molecule has 1 fully saturated rings. The summed E-state index contributed by atoms with van der Waals surface area (Å²) in [4.78, 5) is 24.8. The number of hydrogen-bond acceptors (Lipinski definition) is 4. The number of sulfone groups is 1. The minimum Gasteiger partial charge on any atom is -0.351 e. The third kappa shape index (κ3) is 4.62. The fourth-order valence-corrected chi connectivity index (χ4v) is 4.49. The SMILES string of the molecule is CC(C)(C(=O)Nc1cc(Cl)cc(Cl)c1)C(=O)NC1CCS(=O)(=O)C1. The van der Waals surface area contributed by atoms with E-state index < -0.39 is 33.1 Å². The van der Waals surface area contributed by atoms with Crippen molar-refractivity contribution < 1.29 is 18.0 Å². The Bertz CT molecular complexity index is 757. The van der Waals surface area contributed by atoms with Crippen LogP contribution in [0.5, 0.6) is 0 Å². The molecule has 1 aliphatic rings. The maximum atomic E-state index is 12.4. The number of anilines is 1. The lowest BCUT2D eigenvalue weighted by molar-refractivity contribution is -0.138. The van der Waals surface area contributed by atoms with E-state index in [1.54, 1.807) is 0 Å². The second-order valence-electron chi connectivity index (χ2n) is 6.31. The number of carbonyl (C=O) groups excluding carboxylic acids is 2. The highest BCUT2D eigenvalue weighted by molar-refractivity contribution is 7.91. The highest BCUT2D eigenvalue weighted by Gasteiger charge is 2.39. The molecule has 1 aromatic rings. The molecule has 2 N–H and O–H groups in total. The number of rotatable bonds is 4. The highest BCUT2D eigenvalue weighted by Crippen LogP contribution is 2.25. The van der Waals surface area contributed by atoms with Crippen LogP contribution in [0.4, 0.5) is 5.69 Å².